The van der Waals surface area contributed by atoms with E-state index in [4.69, 9.17) is 8.53 Å². The smallest absolute Gasteiger partial charge is 0.405 e. The molecule has 5 rings (SSSR count). The Labute approximate surface area is 219 Å². The van der Waals surface area contributed by atoms with Gasteiger partial charge >= 0.3 is 5.76 Å². The van der Waals surface area contributed by atoms with Gasteiger partial charge in [0.15, 0.2) is 5.58 Å². The summed E-state index contributed by atoms with van der Waals surface area (Å²) in [6, 6.07) is 11.2. The molecule has 3 aromatic carbocycles. The van der Waals surface area contributed by atoms with Crippen molar-refractivity contribution >= 4 is 16.8 Å². The van der Waals surface area contributed by atoms with E-state index in [-0.39, 0.29) is 42.0 Å². The molecule has 4 aromatic rings. The fourth-order valence-corrected chi connectivity index (χ4v) is 5.65. The van der Waals surface area contributed by atoms with E-state index in [0.29, 0.717) is 29.8 Å². The van der Waals surface area contributed by atoms with Crippen molar-refractivity contribution in [1.29, 1.82) is 0 Å². The first-order valence-corrected chi connectivity index (χ1v) is 12.6. The molecule has 2 unspecified atom stereocenters. The van der Waals surface area contributed by atoms with Crippen LogP contribution in [0.3, 0.4) is 0 Å². The van der Waals surface area contributed by atoms with Crippen LogP contribution in [0.4, 0.5) is 5.69 Å². The Balaban J connectivity index is 1.57. The van der Waals surface area contributed by atoms with Crippen LogP contribution in [0, 0.1) is 13.8 Å². The number of fused-ring (bicyclic) bond motifs is 1. The summed E-state index contributed by atoms with van der Waals surface area (Å²) in [5.74, 6) is -0.386. The third kappa shape index (κ3) is 3.86. The largest absolute Gasteiger partial charge is 0.419 e. The molecule has 0 saturated carbocycles. The molecule has 0 N–H and O–H groups in total. The maximum absolute atomic E-state index is 12.4. The zero-order chi connectivity index (χ0) is 29.3. The van der Waals surface area contributed by atoms with Gasteiger partial charge in [-0.3, -0.25) is 9.47 Å². The Kier molecular flexibility index (Phi) is 4.94. The standard InChI is InChI=1S/C31H37N3O2/c1-20-11-8-9-14-26(20)25-13-10-12-24(19-25)22(3)33-17-18-34(31(5,6)23(33)4)27-16-15-21(2)28-29(27)36-30(35)32(28)7/h8-16,19,22-23H,17-18H2,1-7H3/i10D,12D,13D,19D. The van der Waals surface area contributed by atoms with Crippen molar-refractivity contribution in [3.63, 3.8) is 0 Å². The number of anilines is 1. The van der Waals surface area contributed by atoms with Gasteiger partial charge in [-0.2, -0.15) is 0 Å². The van der Waals surface area contributed by atoms with E-state index in [1.807, 2.05) is 57.2 Å². The first-order valence-electron chi connectivity index (χ1n) is 14.6. The van der Waals surface area contributed by atoms with Gasteiger partial charge in [0, 0.05) is 37.8 Å². The molecule has 1 saturated heterocycles. The minimum absolute atomic E-state index is 0.0198. The summed E-state index contributed by atoms with van der Waals surface area (Å²) in [6.45, 7) is 13.7. The molecular formula is C31H37N3O2. The first kappa shape index (κ1) is 19.8. The van der Waals surface area contributed by atoms with Crippen LogP contribution in [0.15, 0.2) is 69.8 Å². The molecule has 1 aliphatic heterocycles. The molecule has 36 heavy (non-hydrogen) atoms. The van der Waals surface area contributed by atoms with Crippen molar-refractivity contribution in [2.45, 2.75) is 59.2 Å². The Morgan fingerprint density at radius 3 is 2.58 bits per heavy atom. The van der Waals surface area contributed by atoms with Crippen molar-refractivity contribution in [2.75, 3.05) is 18.0 Å². The van der Waals surface area contributed by atoms with Gasteiger partial charge in [0.2, 0.25) is 0 Å². The van der Waals surface area contributed by atoms with Crippen LogP contribution in [0.2, 0.25) is 0 Å². The Morgan fingerprint density at radius 1 is 1.08 bits per heavy atom. The number of oxazole rings is 1. The third-order valence-electron chi connectivity index (χ3n) is 8.17. The summed E-state index contributed by atoms with van der Waals surface area (Å²) in [5.41, 5.74) is 5.40. The zero-order valence-electron chi connectivity index (χ0n) is 26.2. The number of piperazine rings is 1. The lowest BCUT2D eigenvalue weighted by Crippen LogP contribution is -2.65. The van der Waals surface area contributed by atoms with Crippen molar-refractivity contribution in [1.82, 2.24) is 9.47 Å². The topological polar surface area (TPSA) is 41.6 Å². The van der Waals surface area contributed by atoms with Gasteiger partial charge in [0.05, 0.1) is 16.7 Å². The van der Waals surface area contributed by atoms with Gasteiger partial charge in [-0.15, -0.1) is 0 Å². The highest BCUT2D eigenvalue weighted by Crippen LogP contribution is 2.40. The molecule has 2 atom stereocenters. The molecule has 0 radical (unpaired) electrons. The molecule has 1 aliphatic rings. The molecule has 0 aliphatic carbocycles. The van der Waals surface area contributed by atoms with Gasteiger partial charge in [0.25, 0.3) is 0 Å². The Hall–Kier alpha value is -3.31. The molecule has 0 bridgehead atoms. The fraction of sp³-hybridized carbons (Fsp3) is 0.387. The normalized spacial score (nSPS) is 20.6. The SMILES string of the molecule is [2H]c1c([2H])c(-c2ccccc2C)c([2H])c(C(C)N2CCN(c3ccc(C)c4c3oc(=O)n4C)C(C)(C)C2C)c1[2H]. The number of aromatic nitrogens is 1. The van der Waals surface area contributed by atoms with Gasteiger partial charge in [-0.25, -0.2) is 4.79 Å². The number of hydrogen-bond donors (Lipinski definition) is 0. The predicted octanol–water partition coefficient (Wildman–Crippen LogP) is 6.47. The maximum Gasteiger partial charge on any atom is 0.419 e. The summed E-state index contributed by atoms with van der Waals surface area (Å²) >= 11 is 0. The van der Waals surface area contributed by atoms with Crippen LogP contribution in [-0.4, -0.2) is 34.1 Å². The maximum atomic E-state index is 12.4. The molecule has 2 heterocycles. The zero-order valence-corrected chi connectivity index (χ0v) is 22.2. The van der Waals surface area contributed by atoms with Gasteiger partial charge in [-0.1, -0.05) is 48.5 Å². The third-order valence-corrected chi connectivity index (χ3v) is 8.17. The van der Waals surface area contributed by atoms with E-state index in [9.17, 15) is 6.17 Å². The number of nitrogens with zero attached hydrogens (tertiary/aromatic N) is 3. The van der Waals surface area contributed by atoms with Crippen LogP contribution in [0.25, 0.3) is 22.2 Å². The van der Waals surface area contributed by atoms with Crippen LogP contribution >= 0.6 is 0 Å². The van der Waals surface area contributed by atoms with E-state index in [2.05, 4.69) is 30.6 Å². The summed E-state index contributed by atoms with van der Waals surface area (Å²) in [4.78, 5) is 17.0. The van der Waals surface area contributed by atoms with Crippen LogP contribution in [0.5, 0.6) is 0 Å². The monoisotopic (exact) mass is 487 g/mol. The molecule has 0 amide bonds. The molecular weight excluding hydrogens is 446 g/mol. The van der Waals surface area contributed by atoms with Crippen molar-refractivity contribution in [3.05, 3.63) is 87.8 Å². The summed E-state index contributed by atoms with van der Waals surface area (Å²) in [6.07, 6.45) is 0. The molecule has 5 heteroatoms. The van der Waals surface area contributed by atoms with Crippen LogP contribution < -0.4 is 10.7 Å². The average Bonchev–Trinajstić information content (AvgIpc) is 3.21. The van der Waals surface area contributed by atoms with E-state index in [1.54, 1.807) is 11.6 Å². The summed E-state index contributed by atoms with van der Waals surface area (Å²) in [5, 5.41) is 0. The number of aryl methyl sites for hydroxylation is 3. The van der Waals surface area contributed by atoms with Crippen LogP contribution in [0.1, 0.15) is 55.9 Å². The number of benzene rings is 3. The number of rotatable bonds is 4. The lowest BCUT2D eigenvalue weighted by molar-refractivity contribution is 0.0747. The first-order chi connectivity index (χ1) is 18.8. The Bertz CT molecular complexity index is 1690. The Morgan fingerprint density at radius 2 is 1.83 bits per heavy atom. The summed E-state index contributed by atoms with van der Waals surface area (Å²) in [7, 11) is 1.73. The summed E-state index contributed by atoms with van der Waals surface area (Å²) < 4.78 is 42.5. The predicted molar refractivity (Wildman–Crippen MR) is 149 cm³/mol. The van der Waals surface area contributed by atoms with E-state index in [0.717, 1.165) is 27.9 Å². The molecule has 0 spiro atoms. The van der Waals surface area contributed by atoms with Crippen LogP contribution in [-0.2, 0) is 7.05 Å². The highest BCUT2D eigenvalue weighted by molar-refractivity contribution is 5.90. The van der Waals surface area contributed by atoms with Crippen molar-refractivity contribution in [3.8, 4) is 11.1 Å². The fourth-order valence-electron chi connectivity index (χ4n) is 5.65. The second kappa shape index (κ2) is 8.97. The van der Waals surface area contributed by atoms with Gasteiger partial charge in [0.1, 0.15) is 0 Å². The van der Waals surface area contributed by atoms with E-state index >= 15 is 0 Å². The molecule has 5 nitrogen and oxygen atoms in total. The van der Waals surface area contributed by atoms with Crippen molar-refractivity contribution in [2.24, 2.45) is 7.05 Å². The molecule has 1 fully saturated rings. The van der Waals surface area contributed by atoms with Gasteiger partial charge in [-0.05, 0) is 81.5 Å². The average molecular weight is 488 g/mol. The number of hydrogen-bond acceptors (Lipinski definition) is 4. The lowest BCUT2D eigenvalue weighted by Gasteiger charge is -2.54. The lowest BCUT2D eigenvalue weighted by atomic mass is 9.86. The molecule has 188 valence electrons. The van der Waals surface area contributed by atoms with E-state index in [1.165, 1.54) is 0 Å². The minimum atomic E-state index is -0.397. The highest BCUT2D eigenvalue weighted by Gasteiger charge is 2.43. The van der Waals surface area contributed by atoms with Gasteiger partial charge < -0.3 is 9.32 Å². The van der Waals surface area contributed by atoms with Crippen molar-refractivity contribution < 1.29 is 9.90 Å². The quantitative estimate of drug-likeness (QED) is 0.331. The van der Waals surface area contributed by atoms with E-state index < -0.39 is 5.54 Å². The molecule has 1 aromatic heterocycles. The second-order valence-electron chi connectivity index (χ2n) is 10.5. The minimum Gasteiger partial charge on any atom is -0.405 e. The highest BCUT2D eigenvalue weighted by atomic mass is 16.4. The second-order valence-corrected chi connectivity index (χ2v) is 10.5.